The number of fused-ring (bicyclic) bond motifs is 2. The molecular formula is C32H34ClN3O6. The second-order valence-corrected chi connectivity index (χ2v) is 9.69. The van der Waals surface area contributed by atoms with Crippen LogP contribution in [0.2, 0.25) is 5.02 Å². The summed E-state index contributed by atoms with van der Waals surface area (Å²) in [6, 6.07) is 24.0. The van der Waals surface area contributed by atoms with E-state index in [4.69, 9.17) is 26.7 Å². The number of carboxylic acids is 2. The summed E-state index contributed by atoms with van der Waals surface area (Å²) in [7, 11) is 0. The van der Waals surface area contributed by atoms with Crippen LogP contribution >= 0.6 is 11.6 Å². The minimum Gasteiger partial charge on any atom is -0.478 e. The first-order valence-electron chi connectivity index (χ1n) is 13.5. The number of nitrogens with one attached hydrogen (secondary N) is 2. The molecule has 42 heavy (non-hydrogen) atoms. The first kappa shape index (κ1) is 31.9. The van der Waals surface area contributed by atoms with Crippen LogP contribution in [-0.4, -0.2) is 47.7 Å². The maximum absolute atomic E-state index is 11.8. The lowest BCUT2D eigenvalue weighted by atomic mass is 10.0. The van der Waals surface area contributed by atoms with Gasteiger partial charge in [0.2, 0.25) is 0 Å². The van der Waals surface area contributed by atoms with Crippen molar-refractivity contribution in [2.75, 3.05) is 24.5 Å². The molecule has 4 rings (SSSR count). The number of amides is 1. The Morgan fingerprint density at radius 3 is 2.21 bits per heavy atom. The highest BCUT2D eigenvalue weighted by Gasteiger charge is 2.20. The Morgan fingerprint density at radius 2 is 1.50 bits per heavy atom. The number of nitrogens with zero attached hydrogens (tertiary/aromatic N) is 1. The fraction of sp³-hybridized carbons (Fsp3) is 0.219. The molecular weight excluding hydrogens is 558 g/mol. The summed E-state index contributed by atoms with van der Waals surface area (Å²) in [6.07, 6.45) is 8.54. The van der Waals surface area contributed by atoms with Gasteiger partial charge < -0.3 is 25.3 Å². The molecule has 220 valence electrons. The zero-order valence-corrected chi connectivity index (χ0v) is 23.8. The van der Waals surface area contributed by atoms with Crippen LogP contribution in [0.25, 0.3) is 0 Å². The molecule has 1 amide bonds. The van der Waals surface area contributed by atoms with E-state index in [0.717, 1.165) is 43.8 Å². The third-order valence-corrected chi connectivity index (χ3v) is 6.42. The summed E-state index contributed by atoms with van der Waals surface area (Å²) >= 11 is 6.35. The summed E-state index contributed by atoms with van der Waals surface area (Å²) in [4.78, 5) is 38.6. The number of aryl methyl sites for hydroxylation is 2. The highest BCUT2D eigenvalue weighted by Crippen LogP contribution is 2.37. The van der Waals surface area contributed by atoms with Gasteiger partial charge in [-0.25, -0.2) is 9.59 Å². The smallest absolute Gasteiger partial charge is 0.328 e. The lowest BCUT2D eigenvalue weighted by molar-refractivity contribution is -0.134. The number of anilines is 2. The lowest BCUT2D eigenvalue weighted by Gasteiger charge is -2.27. The number of unbranched alkanes of at least 4 members (excludes halogenated alkanes) is 1. The van der Waals surface area contributed by atoms with Gasteiger partial charge in [-0.3, -0.25) is 4.79 Å². The molecule has 1 heterocycles. The van der Waals surface area contributed by atoms with Crippen molar-refractivity contribution in [3.05, 3.63) is 113 Å². The van der Waals surface area contributed by atoms with Crippen molar-refractivity contribution in [1.82, 2.24) is 10.8 Å². The van der Waals surface area contributed by atoms with Crippen molar-refractivity contribution in [2.45, 2.75) is 25.7 Å². The van der Waals surface area contributed by atoms with Crippen molar-refractivity contribution in [1.29, 1.82) is 0 Å². The first-order valence-corrected chi connectivity index (χ1v) is 13.9. The molecule has 0 aromatic heterocycles. The Hall–Kier alpha value is -4.60. The van der Waals surface area contributed by atoms with Crippen LogP contribution in [0, 0.1) is 0 Å². The van der Waals surface area contributed by atoms with E-state index in [2.05, 4.69) is 52.1 Å². The van der Waals surface area contributed by atoms with Crippen molar-refractivity contribution >= 4 is 40.8 Å². The van der Waals surface area contributed by atoms with Crippen molar-refractivity contribution in [3.63, 3.8) is 0 Å². The van der Waals surface area contributed by atoms with Gasteiger partial charge in [-0.2, -0.15) is 5.48 Å². The van der Waals surface area contributed by atoms with Crippen LogP contribution in [0.3, 0.4) is 0 Å². The van der Waals surface area contributed by atoms with Gasteiger partial charge in [0.15, 0.2) is 5.75 Å². The van der Waals surface area contributed by atoms with E-state index in [-0.39, 0.29) is 5.91 Å². The number of aliphatic carboxylic acids is 2. The van der Waals surface area contributed by atoms with E-state index < -0.39 is 11.9 Å². The quantitative estimate of drug-likeness (QED) is 0.126. The molecule has 1 aliphatic heterocycles. The Bertz CT molecular complexity index is 1380. The first-order chi connectivity index (χ1) is 20.3. The van der Waals surface area contributed by atoms with Gasteiger partial charge in [-0.1, -0.05) is 60.1 Å². The second kappa shape index (κ2) is 17.3. The number of carbonyl (C=O) groups is 3. The maximum atomic E-state index is 11.8. The molecule has 4 N–H and O–H groups in total. The molecule has 0 fully saturated rings. The van der Waals surface area contributed by atoms with Gasteiger partial charge in [0.25, 0.3) is 5.91 Å². The minimum atomic E-state index is -1.26. The van der Waals surface area contributed by atoms with Gasteiger partial charge in [-0.05, 0) is 73.7 Å². The van der Waals surface area contributed by atoms with Gasteiger partial charge in [-0.15, -0.1) is 0 Å². The van der Waals surface area contributed by atoms with E-state index in [9.17, 15) is 14.4 Å². The average molecular weight is 592 g/mol. The summed E-state index contributed by atoms with van der Waals surface area (Å²) in [6.45, 7) is 2.44. The number of halogens is 1. The second-order valence-electron chi connectivity index (χ2n) is 9.26. The molecule has 3 aromatic carbocycles. The summed E-state index contributed by atoms with van der Waals surface area (Å²) in [5.41, 5.74) is 7.63. The van der Waals surface area contributed by atoms with Crippen LogP contribution in [0.15, 0.2) is 97.1 Å². The number of hydrogen-bond donors (Lipinski definition) is 4. The number of para-hydroxylation sites is 2. The van der Waals surface area contributed by atoms with E-state index in [1.807, 2.05) is 24.3 Å². The Morgan fingerprint density at radius 1 is 0.833 bits per heavy atom. The van der Waals surface area contributed by atoms with Crippen molar-refractivity contribution in [3.8, 4) is 5.75 Å². The molecule has 0 unspecified atom stereocenters. The van der Waals surface area contributed by atoms with E-state index >= 15 is 0 Å². The Labute approximate surface area is 250 Å². The van der Waals surface area contributed by atoms with Gasteiger partial charge in [0, 0.05) is 47.7 Å². The molecule has 3 aromatic rings. The molecule has 0 aliphatic carbocycles. The fourth-order valence-corrected chi connectivity index (χ4v) is 4.44. The number of carboxylic acid groups (broad SMARTS) is 2. The molecule has 0 bridgehead atoms. The molecule has 0 atom stereocenters. The van der Waals surface area contributed by atoms with Crippen LogP contribution in [0.1, 0.15) is 24.0 Å². The van der Waals surface area contributed by atoms with Crippen molar-refractivity contribution < 1.29 is 29.4 Å². The van der Waals surface area contributed by atoms with Crippen LogP contribution in [0.5, 0.6) is 5.75 Å². The highest BCUT2D eigenvalue weighted by atomic mass is 35.5. The minimum absolute atomic E-state index is 0.289. The predicted molar refractivity (Wildman–Crippen MR) is 163 cm³/mol. The standard InChI is InChI=1S/C28H30ClN3O2.C4H4O4/c29-24-17-16-23-15-14-22-9-4-5-12-26(22)32(27(23)21-24)20-7-6-18-30-19-8-13-28(33)31-34-25-10-2-1-3-11-25;5-3(6)1-2-4(7)8/h1-5,8-13,16-17,21,30H,6-7,14-15,18-20H2,(H,31,33);1-2H,(H,5,6)(H,7,8)/b13-8+;2-1-. The Balaban J connectivity index is 0.000000531. The largest absolute Gasteiger partial charge is 0.478 e. The molecule has 0 radical (unpaired) electrons. The van der Waals surface area contributed by atoms with E-state index in [1.54, 1.807) is 18.2 Å². The van der Waals surface area contributed by atoms with Gasteiger partial charge >= 0.3 is 11.9 Å². The zero-order valence-electron chi connectivity index (χ0n) is 23.0. The number of carbonyl (C=O) groups excluding carboxylic acids is 1. The average Bonchev–Trinajstić information content (AvgIpc) is 3.13. The molecule has 1 aliphatic rings. The molecule has 10 heteroatoms. The summed E-state index contributed by atoms with van der Waals surface area (Å²) in [5, 5.41) is 19.8. The normalized spacial score (nSPS) is 12.1. The number of hydrogen-bond acceptors (Lipinski definition) is 6. The monoisotopic (exact) mass is 591 g/mol. The number of hydroxylamine groups is 1. The van der Waals surface area contributed by atoms with Crippen LogP contribution < -0.4 is 20.5 Å². The zero-order chi connectivity index (χ0) is 30.2. The van der Waals surface area contributed by atoms with Crippen molar-refractivity contribution in [2.24, 2.45) is 0 Å². The predicted octanol–water partition coefficient (Wildman–Crippen LogP) is 5.32. The Kier molecular flexibility index (Phi) is 13.1. The summed E-state index contributed by atoms with van der Waals surface area (Å²) in [5.74, 6) is -2.21. The van der Waals surface area contributed by atoms with Crippen LogP contribution in [-0.2, 0) is 27.2 Å². The van der Waals surface area contributed by atoms with Gasteiger partial charge in [0.1, 0.15) is 0 Å². The number of rotatable bonds is 12. The highest BCUT2D eigenvalue weighted by molar-refractivity contribution is 6.30. The number of benzene rings is 3. The topological polar surface area (TPSA) is 128 Å². The molecule has 0 spiro atoms. The summed E-state index contributed by atoms with van der Waals surface area (Å²) < 4.78 is 0. The molecule has 0 saturated heterocycles. The molecule has 0 saturated carbocycles. The SMILES string of the molecule is O=C(/C=C/CNCCCCN1c2ccccc2CCc2ccc(Cl)cc21)NOc1ccccc1.O=C(O)/C=C\C(=O)O. The third-order valence-electron chi connectivity index (χ3n) is 6.18. The van der Waals surface area contributed by atoms with E-state index in [0.29, 0.717) is 24.4 Å². The van der Waals surface area contributed by atoms with Gasteiger partial charge in [0.05, 0.1) is 0 Å². The molecule has 9 nitrogen and oxygen atoms in total. The maximum Gasteiger partial charge on any atom is 0.328 e. The van der Waals surface area contributed by atoms with Crippen LogP contribution in [0.4, 0.5) is 11.4 Å². The third kappa shape index (κ3) is 11.1. The fourth-order valence-electron chi connectivity index (χ4n) is 4.27. The lowest BCUT2D eigenvalue weighted by Crippen LogP contribution is -2.25. The van der Waals surface area contributed by atoms with E-state index in [1.165, 1.54) is 28.6 Å².